The zero-order chi connectivity index (χ0) is 12.8. The van der Waals surface area contributed by atoms with E-state index in [0.29, 0.717) is 0 Å². The summed E-state index contributed by atoms with van der Waals surface area (Å²) in [5, 5.41) is 12.6. The molecule has 2 unspecified atom stereocenters. The molecule has 0 spiro atoms. The van der Waals surface area contributed by atoms with Gasteiger partial charge in [-0.25, -0.2) is 0 Å². The average molecular weight is 249 g/mol. The van der Waals surface area contributed by atoms with Crippen LogP contribution in [0.15, 0.2) is 24.3 Å². The molecule has 2 atom stereocenters. The van der Waals surface area contributed by atoms with Crippen LogP contribution in [0.1, 0.15) is 37.0 Å². The Labute approximate surface area is 109 Å². The van der Waals surface area contributed by atoms with Crippen LogP contribution in [0.2, 0.25) is 0 Å². The summed E-state index contributed by atoms with van der Waals surface area (Å²) in [5.74, 6) is 0. The molecule has 0 aromatic heterocycles. The third kappa shape index (κ3) is 3.80. The van der Waals surface area contributed by atoms with Gasteiger partial charge in [-0.05, 0) is 43.9 Å². The fourth-order valence-corrected chi connectivity index (χ4v) is 2.40. The highest BCUT2D eigenvalue weighted by Crippen LogP contribution is 2.26. The van der Waals surface area contributed by atoms with E-state index in [-0.39, 0.29) is 12.2 Å². The minimum absolute atomic E-state index is 0.182. The SMILES string of the molecule is CC(O)CCCNCC1OCCc2ccccc21. The molecule has 18 heavy (non-hydrogen) atoms. The highest BCUT2D eigenvalue weighted by Gasteiger charge is 2.19. The third-order valence-corrected chi connectivity index (χ3v) is 3.40. The van der Waals surface area contributed by atoms with Crippen molar-refractivity contribution < 1.29 is 9.84 Å². The zero-order valence-corrected chi connectivity index (χ0v) is 11.1. The molecule has 0 saturated heterocycles. The van der Waals surface area contributed by atoms with Crippen molar-refractivity contribution in [3.8, 4) is 0 Å². The Hall–Kier alpha value is -0.900. The fraction of sp³-hybridized carbons (Fsp3) is 0.600. The Morgan fingerprint density at radius 2 is 2.28 bits per heavy atom. The first-order valence-electron chi connectivity index (χ1n) is 6.85. The van der Waals surface area contributed by atoms with Crippen molar-refractivity contribution in [3.63, 3.8) is 0 Å². The number of aliphatic hydroxyl groups excluding tert-OH is 1. The molecular formula is C15H23NO2. The van der Waals surface area contributed by atoms with Crippen molar-refractivity contribution in [1.82, 2.24) is 5.32 Å². The fourth-order valence-electron chi connectivity index (χ4n) is 2.40. The van der Waals surface area contributed by atoms with Crippen LogP contribution in [0.4, 0.5) is 0 Å². The number of benzene rings is 1. The first-order chi connectivity index (χ1) is 8.77. The molecule has 0 amide bonds. The molecule has 0 fully saturated rings. The Balaban J connectivity index is 1.77. The van der Waals surface area contributed by atoms with Gasteiger partial charge in [0.2, 0.25) is 0 Å². The van der Waals surface area contributed by atoms with Crippen LogP contribution in [0.25, 0.3) is 0 Å². The summed E-state index contributed by atoms with van der Waals surface area (Å²) >= 11 is 0. The Bertz CT molecular complexity index is 365. The molecular weight excluding hydrogens is 226 g/mol. The zero-order valence-electron chi connectivity index (χ0n) is 11.1. The van der Waals surface area contributed by atoms with E-state index in [1.807, 2.05) is 6.92 Å². The van der Waals surface area contributed by atoms with Gasteiger partial charge >= 0.3 is 0 Å². The monoisotopic (exact) mass is 249 g/mol. The molecule has 3 heteroatoms. The van der Waals surface area contributed by atoms with Crippen molar-refractivity contribution in [3.05, 3.63) is 35.4 Å². The topological polar surface area (TPSA) is 41.5 Å². The molecule has 0 aliphatic carbocycles. The van der Waals surface area contributed by atoms with Gasteiger partial charge in [-0.2, -0.15) is 0 Å². The van der Waals surface area contributed by atoms with E-state index in [9.17, 15) is 5.11 Å². The van der Waals surface area contributed by atoms with Crippen LogP contribution in [0, 0.1) is 0 Å². The van der Waals surface area contributed by atoms with Crippen molar-refractivity contribution in [2.75, 3.05) is 19.7 Å². The predicted octanol–water partition coefficient (Wildman–Crippen LogP) is 2.05. The van der Waals surface area contributed by atoms with Gasteiger partial charge in [0.25, 0.3) is 0 Å². The first-order valence-corrected chi connectivity index (χ1v) is 6.85. The van der Waals surface area contributed by atoms with E-state index in [1.54, 1.807) is 0 Å². The number of hydrogen-bond acceptors (Lipinski definition) is 3. The Morgan fingerprint density at radius 3 is 3.11 bits per heavy atom. The molecule has 1 heterocycles. The van der Waals surface area contributed by atoms with Crippen LogP contribution in [0.5, 0.6) is 0 Å². The molecule has 3 nitrogen and oxygen atoms in total. The second kappa shape index (κ2) is 6.88. The van der Waals surface area contributed by atoms with E-state index >= 15 is 0 Å². The second-order valence-electron chi connectivity index (χ2n) is 5.00. The summed E-state index contributed by atoms with van der Waals surface area (Å²) in [4.78, 5) is 0. The smallest absolute Gasteiger partial charge is 0.0952 e. The summed E-state index contributed by atoms with van der Waals surface area (Å²) in [5.41, 5.74) is 2.74. The van der Waals surface area contributed by atoms with Crippen LogP contribution in [-0.2, 0) is 11.2 Å². The summed E-state index contributed by atoms with van der Waals surface area (Å²) < 4.78 is 5.82. The lowest BCUT2D eigenvalue weighted by molar-refractivity contribution is 0.0424. The quantitative estimate of drug-likeness (QED) is 0.758. The standard InChI is InChI=1S/C15H23NO2/c1-12(17)5-4-9-16-11-15-14-7-3-2-6-13(14)8-10-18-15/h2-3,6-7,12,15-17H,4-5,8-11H2,1H3. The Morgan fingerprint density at radius 1 is 1.44 bits per heavy atom. The normalized spacial score (nSPS) is 20.4. The average Bonchev–Trinajstić information content (AvgIpc) is 2.38. The second-order valence-corrected chi connectivity index (χ2v) is 5.00. The number of aliphatic hydroxyl groups is 1. The number of fused-ring (bicyclic) bond motifs is 1. The molecule has 100 valence electrons. The molecule has 0 radical (unpaired) electrons. The van der Waals surface area contributed by atoms with Crippen molar-refractivity contribution in [2.45, 2.75) is 38.4 Å². The van der Waals surface area contributed by atoms with Crippen molar-refractivity contribution in [2.24, 2.45) is 0 Å². The number of ether oxygens (including phenoxy) is 1. The van der Waals surface area contributed by atoms with Gasteiger partial charge in [0.05, 0.1) is 18.8 Å². The van der Waals surface area contributed by atoms with Crippen LogP contribution in [0.3, 0.4) is 0 Å². The lowest BCUT2D eigenvalue weighted by Gasteiger charge is -2.26. The largest absolute Gasteiger partial charge is 0.393 e. The van der Waals surface area contributed by atoms with Crippen LogP contribution >= 0.6 is 0 Å². The molecule has 2 rings (SSSR count). The summed E-state index contributed by atoms with van der Waals surface area (Å²) in [6, 6.07) is 8.53. The van der Waals surface area contributed by atoms with Crippen LogP contribution in [-0.4, -0.2) is 30.9 Å². The highest BCUT2D eigenvalue weighted by atomic mass is 16.5. The number of rotatable bonds is 6. The van der Waals surface area contributed by atoms with Crippen molar-refractivity contribution in [1.29, 1.82) is 0 Å². The molecule has 1 aromatic rings. The minimum Gasteiger partial charge on any atom is -0.393 e. The number of hydrogen-bond donors (Lipinski definition) is 2. The minimum atomic E-state index is -0.196. The Kier molecular flexibility index (Phi) is 5.17. The molecule has 1 aromatic carbocycles. The summed E-state index contributed by atoms with van der Waals surface area (Å²) in [6.45, 7) is 4.45. The first kappa shape index (κ1) is 13.5. The van der Waals surface area contributed by atoms with Gasteiger partial charge in [0.15, 0.2) is 0 Å². The van der Waals surface area contributed by atoms with E-state index in [2.05, 4.69) is 29.6 Å². The third-order valence-electron chi connectivity index (χ3n) is 3.40. The van der Waals surface area contributed by atoms with Gasteiger partial charge in [-0.3, -0.25) is 0 Å². The van der Waals surface area contributed by atoms with Gasteiger partial charge in [-0.15, -0.1) is 0 Å². The molecule has 1 aliphatic heterocycles. The molecule has 0 saturated carbocycles. The van der Waals surface area contributed by atoms with E-state index in [1.165, 1.54) is 11.1 Å². The van der Waals surface area contributed by atoms with E-state index in [0.717, 1.165) is 39.0 Å². The van der Waals surface area contributed by atoms with Gasteiger partial charge in [0, 0.05) is 6.54 Å². The maximum absolute atomic E-state index is 9.18. The summed E-state index contributed by atoms with van der Waals surface area (Å²) in [6.07, 6.45) is 2.87. The molecule has 1 aliphatic rings. The lowest BCUT2D eigenvalue weighted by Crippen LogP contribution is -2.28. The van der Waals surface area contributed by atoms with E-state index < -0.39 is 0 Å². The molecule has 0 bridgehead atoms. The van der Waals surface area contributed by atoms with Gasteiger partial charge in [0.1, 0.15) is 0 Å². The number of nitrogens with one attached hydrogen (secondary N) is 1. The maximum Gasteiger partial charge on any atom is 0.0952 e. The summed E-state index contributed by atoms with van der Waals surface area (Å²) in [7, 11) is 0. The lowest BCUT2D eigenvalue weighted by atomic mass is 9.97. The van der Waals surface area contributed by atoms with Gasteiger partial charge in [-0.1, -0.05) is 24.3 Å². The van der Waals surface area contributed by atoms with E-state index in [4.69, 9.17) is 4.74 Å². The van der Waals surface area contributed by atoms with Gasteiger partial charge < -0.3 is 15.2 Å². The predicted molar refractivity (Wildman–Crippen MR) is 72.6 cm³/mol. The highest BCUT2D eigenvalue weighted by molar-refractivity contribution is 5.31. The molecule has 2 N–H and O–H groups in total. The maximum atomic E-state index is 9.18. The van der Waals surface area contributed by atoms with Crippen LogP contribution < -0.4 is 5.32 Å². The van der Waals surface area contributed by atoms with Crippen molar-refractivity contribution >= 4 is 0 Å².